The van der Waals surface area contributed by atoms with Crippen molar-refractivity contribution in [2.75, 3.05) is 0 Å². The van der Waals surface area contributed by atoms with E-state index in [0.29, 0.717) is 33.9 Å². The first-order chi connectivity index (χ1) is 46.7. The van der Waals surface area contributed by atoms with E-state index in [1.807, 2.05) is 0 Å². The first-order valence-electron chi connectivity index (χ1n) is 32.1. The molecule has 0 N–H and O–H groups in total. The third-order valence-corrected chi connectivity index (χ3v) is 20.7. The zero-order valence-corrected chi connectivity index (χ0v) is 50.4. The van der Waals surface area contributed by atoms with Crippen LogP contribution in [0.2, 0.25) is 0 Å². The lowest BCUT2D eigenvalue weighted by molar-refractivity contribution is 1.03. The fraction of sp³-hybridized carbons (Fsp3) is 0. The molecule has 17 aromatic carbocycles. The smallest absolute Gasteiger partial charge is 0.104 e. The van der Waals surface area contributed by atoms with Crippen LogP contribution in [-0.4, -0.2) is 18.3 Å². The van der Waals surface area contributed by atoms with Gasteiger partial charge in [-0.2, -0.15) is 10.5 Å². The van der Waals surface area contributed by atoms with Gasteiger partial charge in [0.1, 0.15) is 23.3 Å². The van der Waals surface area contributed by atoms with Gasteiger partial charge in [0.15, 0.2) is 0 Å². The van der Waals surface area contributed by atoms with Gasteiger partial charge in [-0.05, 0) is 88.9 Å². The van der Waals surface area contributed by atoms with Gasteiger partial charge >= 0.3 is 0 Å². The Hall–Kier alpha value is -13.0. The van der Waals surface area contributed by atoms with E-state index in [4.69, 9.17) is 0 Å². The van der Waals surface area contributed by atoms with Crippen molar-refractivity contribution < 1.29 is 0 Å². The fourth-order valence-electron chi connectivity index (χ4n) is 17.2. The summed E-state index contributed by atoms with van der Waals surface area (Å²) in [7, 11) is 0. The quantitative estimate of drug-likeness (QED) is 0.165. The number of hydrogen-bond donors (Lipinski definition) is 0. The Morgan fingerprint density at radius 1 is 0.170 bits per heavy atom. The minimum atomic E-state index is 0.399. The Bertz CT molecular complexity index is 6300. The van der Waals surface area contributed by atoms with Crippen molar-refractivity contribution in [2.24, 2.45) is 0 Å². The maximum atomic E-state index is 13.7. The van der Waals surface area contributed by atoms with E-state index in [9.17, 15) is 10.5 Å². The summed E-state index contributed by atoms with van der Waals surface area (Å²) in [6.07, 6.45) is 0. The minimum Gasteiger partial charge on any atom is -0.305 e. The molecule has 0 aliphatic carbocycles. The first kappa shape index (κ1) is 50.8. The molecule has 0 saturated heterocycles. The molecule has 0 aliphatic heterocycles. The van der Waals surface area contributed by atoms with Gasteiger partial charge < -0.3 is 18.3 Å². The Morgan fingerprint density at radius 3 is 0.511 bits per heavy atom. The van der Waals surface area contributed by atoms with Crippen LogP contribution in [0, 0.1) is 22.7 Å². The molecule has 6 nitrogen and oxygen atoms in total. The van der Waals surface area contributed by atoms with Crippen molar-refractivity contribution >= 4 is 173 Å². The molecule has 21 rings (SSSR count). The van der Waals surface area contributed by atoms with E-state index < -0.39 is 0 Å². The van der Waals surface area contributed by atoms with Crippen LogP contribution in [0.5, 0.6) is 0 Å². The maximum Gasteiger partial charge on any atom is 0.104 e. The van der Waals surface area contributed by atoms with Crippen LogP contribution in [0.25, 0.3) is 196 Å². The SMILES string of the molecule is N#Cc1c(-n2c3ccccc3c3c4ccccc4c4ccccc4c32)c(-n2c3ccccc3c3c4ccccc4c4ccccc4c32)c(C#N)c(-n2c3ccccc3c3c4ccccc4c4ccccc4c32)c1-n1c2ccccc2c2c3ccccc3c3ccccc3c21. The lowest BCUT2D eigenvalue weighted by Crippen LogP contribution is -2.17. The number of aromatic nitrogens is 4. The molecule has 0 bridgehead atoms. The van der Waals surface area contributed by atoms with Crippen molar-refractivity contribution in [3.8, 4) is 34.9 Å². The topological polar surface area (TPSA) is 67.3 Å². The zero-order chi connectivity index (χ0) is 61.6. The fourth-order valence-corrected chi connectivity index (χ4v) is 17.2. The number of fused-ring (bicyclic) bond motifs is 32. The molecule has 0 radical (unpaired) electrons. The summed E-state index contributed by atoms with van der Waals surface area (Å²) in [4.78, 5) is 0. The van der Waals surface area contributed by atoms with Gasteiger partial charge in [0.25, 0.3) is 0 Å². The Labute approximate surface area is 536 Å². The van der Waals surface area contributed by atoms with Crippen LogP contribution in [0.15, 0.2) is 291 Å². The number of nitriles is 2. The average molecular weight is 1190 g/mol. The van der Waals surface area contributed by atoms with Crippen LogP contribution in [0.4, 0.5) is 0 Å². The number of nitrogens with zero attached hydrogens (tertiary/aromatic N) is 6. The number of benzene rings is 17. The second kappa shape index (κ2) is 18.8. The summed E-state index contributed by atoms with van der Waals surface area (Å²) >= 11 is 0. The van der Waals surface area contributed by atoms with Crippen molar-refractivity contribution in [1.29, 1.82) is 10.5 Å². The van der Waals surface area contributed by atoms with Crippen LogP contribution in [0.1, 0.15) is 11.1 Å². The lowest BCUT2D eigenvalue weighted by atomic mass is 9.95. The molecule has 0 saturated carbocycles. The van der Waals surface area contributed by atoms with Gasteiger partial charge in [-0.1, -0.05) is 267 Å². The van der Waals surface area contributed by atoms with E-state index in [0.717, 1.165) is 173 Å². The Morgan fingerprint density at radius 2 is 0.319 bits per heavy atom. The van der Waals surface area contributed by atoms with E-state index in [2.05, 4.69) is 322 Å². The second-order valence-corrected chi connectivity index (χ2v) is 25.0. The molecule has 6 heteroatoms. The van der Waals surface area contributed by atoms with Crippen LogP contribution in [-0.2, 0) is 0 Å². The molecule has 4 heterocycles. The molecule has 0 spiro atoms. The van der Waals surface area contributed by atoms with Gasteiger partial charge in [0.2, 0.25) is 0 Å². The van der Waals surface area contributed by atoms with E-state index in [1.165, 1.54) is 0 Å². The highest BCUT2D eigenvalue weighted by atomic mass is 15.1. The van der Waals surface area contributed by atoms with Gasteiger partial charge in [-0.25, -0.2) is 0 Å². The third kappa shape index (κ3) is 6.36. The molecular weight excluding hydrogens is 1140 g/mol. The molecule has 0 fully saturated rings. The first-order valence-corrected chi connectivity index (χ1v) is 32.1. The minimum absolute atomic E-state index is 0.399. The van der Waals surface area contributed by atoms with Gasteiger partial charge in [-0.3, -0.25) is 0 Å². The molecule has 0 aliphatic rings. The summed E-state index contributed by atoms with van der Waals surface area (Å²) < 4.78 is 9.56. The molecule has 0 amide bonds. The summed E-state index contributed by atoms with van der Waals surface area (Å²) in [5.74, 6) is 0. The zero-order valence-electron chi connectivity index (χ0n) is 50.4. The largest absolute Gasteiger partial charge is 0.305 e. The normalized spacial score (nSPS) is 12.2. The highest BCUT2D eigenvalue weighted by molar-refractivity contribution is 6.37. The van der Waals surface area contributed by atoms with Gasteiger partial charge in [-0.15, -0.1) is 0 Å². The monoisotopic (exact) mass is 1190 g/mol. The van der Waals surface area contributed by atoms with Crippen molar-refractivity contribution in [1.82, 2.24) is 18.3 Å². The van der Waals surface area contributed by atoms with Crippen molar-refractivity contribution in [3.63, 3.8) is 0 Å². The van der Waals surface area contributed by atoms with Crippen molar-refractivity contribution in [3.05, 3.63) is 302 Å². The van der Waals surface area contributed by atoms with E-state index in [1.54, 1.807) is 0 Å². The Kier molecular flexibility index (Phi) is 10.2. The molecule has 4 aromatic heterocycles. The van der Waals surface area contributed by atoms with Crippen LogP contribution < -0.4 is 0 Å². The van der Waals surface area contributed by atoms with Gasteiger partial charge in [0, 0.05) is 64.6 Å². The predicted molar refractivity (Wildman–Crippen MR) is 393 cm³/mol. The average Bonchev–Trinajstić information content (AvgIpc) is 1.47. The van der Waals surface area contributed by atoms with E-state index in [-0.39, 0.29) is 0 Å². The maximum absolute atomic E-state index is 13.7. The molecule has 0 unspecified atom stereocenters. The highest BCUT2D eigenvalue weighted by Crippen LogP contribution is 2.54. The summed E-state index contributed by atoms with van der Waals surface area (Å²) in [6, 6.07) is 111. The molecular formula is C88H48N6. The van der Waals surface area contributed by atoms with Crippen molar-refractivity contribution in [2.45, 2.75) is 0 Å². The standard InChI is InChI=1S/C88H48N6/c89-49-71-85(91-73-45-21-17-41-67(73)77-59-33-9-1-25-51(59)55-29-5-13-37-63(55)81(77)91)86(92-74-46-22-18-42-68(74)78-60-34-10-2-26-52(60)56-30-6-14-38-64(56)82(78)92)72(50-90)88(94-76-48-24-20-44-70(76)80-62-36-12-4-28-54(62)58-32-8-16-40-66(58)84(80)94)87(71)93-75-47-23-19-43-69(75)79-61-35-11-3-27-53(61)57-31-7-15-39-65(57)83(79)93/h1-48H. The number of para-hydroxylation sites is 4. The van der Waals surface area contributed by atoms with Crippen LogP contribution >= 0.6 is 0 Å². The van der Waals surface area contributed by atoms with Crippen LogP contribution in [0.3, 0.4) is 0 Å². The number of rotatable bonds is 4. The summed E-state index contributed by atoms with van der Waals surface area (Å²) in [6.45, 7) is 0. The molecule has 0 atom stereocenters. The summed E-state index contributed by atoms with van der Waals surface area (Å²) in [5, 5.41) is 53.2. The summed E-state index contributed by atoms with van der Waals surface area (Å²) in [5.41, 5.74) is 10.6. The number of hydrogen-bond acceptors (Lipinski definition) is 2. The molecule has 94 heavy (non-hydrogen) atoms. The second-order valence-electron chi connectivity index (χ2n) is 25.0. The predicted octanol–water partition coefficient (Wildman–Crippen LogP) is 23.0. The molecule has 430 valence electrons. The van der Waals surface area contributed by atoms with E-state index >= 15 is 0 Å². The highest BCUT2D eigenvalue weighted by Gasteiger charge is 2.37. The molecule has 21 aromatic rings. The van der Waals surface area contributed by atoms with Gasteiger partial charge in [0.05, 0.1) is 66.9 Å². The lowest BCUT2D eigenvalue weighted by Gasteiger charge is -2.27. The Balaban J connectivity index is 1.13. The third-order valence-electron chi connectivity index (χ3n) is 20.7.